The Hall–Kier alpha value is -1.52. The van der Waals surface area contributed by atoms with E-state index in [4.69, 9.17) is 6.42 Å². The van der Waals surface area contributed by atoms with Crippen LogP contribution in [0.3, 0.4) is 0 Å². The van der Waals surface area contributed by atoms with Gasteiger partial charge in [-0.05, 0) is 23.6 Å². The fourth-order valence-corrected chi connectivity index (χ4v) is 2.70. The summed E-state index contributed by atoms with van der Waals surface area (Å²) < 4.78 is 2.47. The summed E-state index contributed by atoms with van der Waals surface area (Å²) in [6, 6.07) is 8.37. The van der Waals surface area contributed by atoms with E-state index in [0.29, 0.717) is 0 Å². The molecule has 0 amide bonds. The Morgan fingerprint density at radius 2 is 2.14 bits per heavy atom. The molecule has 0 spiro atoms. The first-order valence-corrected chi connectivity index (χ1v) is 5.28. The Labute approximate surface area is 87.2 Å². The number of benzene rings is 1. The largest absolute Gasteiger partial charge is 0.135 e. The van der Waals surface area contributed by atoms with Crippen LogP contribution in [0.4, 0.5) is 0 Å². The molecular formula is C13H10S. The molecule has 0 radical (unpaired) electrons. The van der Waals surface area contributed by atoms with E-state index in [1.807, 2.05) is 13.0 Å². The van der Waals surface area contributed by atoms with E-state index in [9.17, 15) is 0 Å². The van der Waals surface area contributed by atoms with Crippen LogP contribution in [0.2, 0.25) is 0 Å². The van der Waals surface area contributed by atoms with Crippen molar-refractivity contribution >= 4 is 33.6 Å². The summed E-state index contributed by atoms with van der Waals surface area (Å²) in [4.78, 5) is 0. The van der Waals surface area contributed by atoms with Gasteiger partial charge in [-0.1, -0.05) is 30.2 Å². The lowest BCUT2D eigenvalue weighted by Gasteiger charge is -1.84. The first kappa shape index (κ1) is 9.05. The van der Waals surface area contributed by atoms with Crippen LogP contribution in [0.15, 0.2) is 24.3 Å². The zero-order valence-electron chi connectivity index (χ0n) is 7.95. The Morgan fingerprint density at radius 3 is 2.86 bits per heavy atom. The number of hydrogen-bond donors (Lipinski definition) is 0. The quantitative estimate of drug-likeness (QED) is 0.569. The van der Waals surface area contributed by atoms with Gasteiger partial charge in [0.05, 0.1) is 0 Å². The van der Waals surface area contributed by atoms with Crippen LogP contribution in [0, 0.1) is 12.3 Å². The molecule has 0 bridgehead atoms. The van der Waals surface area contributed by atoms with E-state index in [2.05, 4.69) is 36.3 Å². The van der Waals surface area contributed by atoms with Crippen molar-refractivity contribution in [1.82, 2.24) is 0 Å². The van der Waals surface area contributed by atoms with E-state index in [1.165, 1.54) is 19.8 Å². The number of thiophene rings is 1. The maximum Gasteiger partial charge on any atom is 0.0435 e. The first-order chi connectivity index (χ1) is 6.86. The van der Waals surface area contributed by atoms with Gasteiger partial charge in [0.2, 0.25) is 0 Å². The van der Waals surface area contributed by atoms with Crippen molar-refractivity contribution < 1.29 is 0 Å². The molecule has 1 aromatic heterocycles. The molecule has 0 saturated carbocycles. The summed E-state index contributed by atoms with van der Waals surface area (Å²) in [5, 5.41) is 2.55. The fraction of sp³-hybridized carbons (Fsp3) is 0.0769. The minimum atomic E-state index is 1.18. The number of fused-ring (bicyclic) bond motifs is 1. The number of hydrogen-bond acceptors (Lipinski definition) is 1. The summed E-state index contributed by atoms with van der Waals surface area (Å²) in [6.07, 6.45) is 9.24. The topological polar surface area (TPSA) is 0 Å². The molecular weight excluding hydrogens is 188 g/mol. The van der Waals surface area contributed by atoms with Gasteiger partial charge in [-0.25, -0.2) is 0 Å². The molecule has 0 nitrogen and oxygen atoms in total. The standard InChI is InChI=1S/C13H10S/c1-3-7-12-10(4-2)11-8-5-6-9-13(11)14-12/h1,4-9H,2H3/b10-4-,12-7+. The third kappa shape index (κ3) is 1.34. The zero-order chi connectivity index (χ0) is 9.97. The SMILES string of the molecule is C#C/C=c1/sc2ccccc2/c1=C/C. The molecule has 1 heterocycles. The molecule has 0 unspecified atom stereocenters. The Bertz CT molecular complexity index is 609. The zero-order valence-corrected chi connectivity index (χ0v) is 8.77. The smallest absolute Gasteiger partial charge is 0.0435 e. The normalized spacial score (nSPS) is 13.4. The van der Waals surface area contributed by atoms with E-state index in [0.717, 1.165) is 0 Å². The van der Waals surface area contributed by atoms with Gasteiger partial charge < -0.3 is 0 Å². The van der Waals surface area contributed by atoms with Crippen molar-refractivity contribution in [2.75, 3.05) is 0 Å². The molecule has 1 heteroatoms. The molecule has 0 saturated heterocycles. The number of terminal acetylenes is 1. The van der Waals surface area contributed by atoms with Crippen molar-refractivity contribution in [1.29, 1.82) is 0 Å². The van der Waals surface area contributed by atoms with Crippen molar-refractivity contribution in [2.24, 2.45) is 0 Å². The van der Waals surface area contributed by atoms with Gasteiger partial charge in [0.15, 0.2) is 0 Å². The highest BCUT2D eigenvalue weighted by Crippen LogP contribution is 2.11. The van der Waals surface area contributed by atoms with Crippen LogP contribution in [-0.2, 0) is 0 Å². The van der Waals surface area contributed by atoms with E-state index in [1.54, 1.807) is 11.3 Å². The average molecular weight is 198 g/mol. The van der Waals surface area contributed by atoms with Gasteiger partial charge in [-0.15, -0.1) is 17.8 Å². The molecule has 2 rings (SSSR count). The highest BCUT2D eigenvalue weighted by molar-refractivity contribution is 7.17. The van der Waals surface area contributed by atoms with Crippen LogP contribution >= 0.6 is 11.3 Å². The lowest BCUT2D eigenvalue weighted by Crippen LogP contribution is -2.17. The van der Waals surface area contributed by atoms with Crippen molar-refractivity contribution in [3.05, 3.63) is 34.0 Å². The van der Waals surface area contributed by atoms with Crippen LogP contribution in [0.25, 0.3) is 22.2 Å². The van der Waals surface area contributed by atoms with Crippen molar-refractivity contribution in [3.63, 3.8) is 0 Å². The van der Waals surface area contributed by atoms with Gasteiger partial charge in [0, 0.05) is 15.3 Å². The predicted molar refractivity (Wildman–Crippen MR) is 64.5 cm³/mol. The summed E-state index contributed by atoms with van der Waals surface area (Å²) in [7, 11) is 0. The summed E-state index contributed by atoms with van der Waals surface area (Å²) in [5.41, 5.74) is 0. The Balaban J connectivity index is 3.04. The van der Waals surface area contributed by atoms with Gasteiger partial charge in [-0.2, -0.15) is 0 Å². The molecule has 0 atom stereocenters. The third-order valence-electron chi connectivity index (χ3n) is 2.17. The second kappa shape index (κ2) is 3.69. The average Bonchev–Trinajstić information content (AvgIpc) is 2.55. The molecule has 0 aliphatic rings. The minimum absolute atomic E-state index is 1.18. The van der Waals surface area contributed by atoms with E-state index >= 15 is 0 Å². The maximum absolute atomic E-state index is 5.29. The van der Waals surface area contributed by atoms with Gasteiger partial charge in [0.1, 0.15) is 0 Å². The van der Waals surface area contributed by atoms with Crippen LogP contribution in [0.5, 0.6) is 0 Å². The van der Waals surface area contributed by atoms with Crippen LogP contribution in [0.1, 0.15) is 6.92 Å². The fourth-order valence-electron chi connectivity index (χ4n) is 1.56. The van der Waals surface area contributed by atoms with Crippen LogP contribution < -0.4 is 9.75 Å². The lowest BCUT2D eigenvalue weighted by molar-refractivity contribution is 1.72. The highest BCUT2D eigenvalue weighted by Gasteiger charge is 1.97. The Morgan fingerprint density at radius 1 is 1.36 bits per heavy atom. The summed E-state index contributed by atoms with van der Waals surface area (Å²) >= 11 is 1.74. The van der Waals surface area contributed by atoms with Gasteiger partial charge in [-0.3, -0.25) is 0 Å². The van der Waals surface area contributed by atoms with Crippen molar-refractivity contribution in [3.8, 4) is 12.3 Å². The molecule has 0 aliphatic carbocycles. The maximum atomic E-state index is 5.29. The second-order valence-corrected chi connectivity index (χ2v) is 4.06. The minimum Gasteiger partial charge on any atom is -0.135 e. The lowest BCUT2D eigenvalue weighted by atomic mass is 10.2. The van der Waals surface area contributed by atoms with E-state index < -0.39 is 0 Å². The van der Waals surface area contributed by atoms with Crippen molar-refractivity contribution in [2.45, 2.75) is 6.92 Å². The molecule has 68 valence electrons. The molecule has 1 aromatic carbocycles. The van der Waals surface area contributed by atoms with E-state index in [-0.39, 0.29) is 0 Å². The van der Waals surface area contributed by atoms with Crippen LogP contribution in [-0.4, -0.2) is 0 Å². The molecule has 0 N–H and O–H groups in total. The first-order valence-electron chi connectivity index (χ1n) is 4.47. The molecule has 2 aromatic rings. The molecule has 0 aliphatic heterocycles. The molecule has 14 heavy (non-hydrogen) atoms. The van der Waals surface area contributed by atoms with Gasteiger partial charge >= 0.3 is 0 Å². The number of rotatable bonds is 0. The highest BCUT2D eigenvalue weighted by atomic mass is 32.1. The van der Waals surface area contributed by atoms with Gasteiger partial charge in [0.25, 0.3) is 0 Å². The molecule has 0 fully saturated rings. The second-order valence-electron chi connectivity index (χ2n) is 2.98. The summed E-state index contributed by atoms with van der Waals surface area (Å²) in [5.74, 6) is 2.59. The Kier molecular flexibility index (Phi) is 2.39. The monoisotopic (exact) mass is 198 g/mol. The predicted octanol–water partition coefficient (Wildman–Crippen LogP) is 2.12. The summed E-state index contributed by atoms with van der Waals surface area (Å²) in [6.45, 7) is 2.04. The third-order valence-corrected chi connectivity index (χ3v) is 3.30.